The molecule has 0 saturated heterocycles. The number of nitrogens with zero attached hydrogens (tertiary/aromatic N) is 3. The minimum Gasteiger partial charge on any atom is -0.278 e. The fraction of sp³-hybridized carbons (Fsp3) is 0.118. The number of nitrogens with one attached hydrogen (secondary N) is 1. The number of aromatic amines is 1. The minimum atomic E-state index is 0.898. The highest BCUT2D eigenvalue weighted by Gasteiger charge is 2.04. The van der Waals surface area contributed by atoms with Gasteiger partial charge in [-0.25, -0.2) is 4.98 Å². The van der Waals surface area contributed by atoms with Crippen molar-refractivity contribution in [3.63, 3.8) is 0 Å². The standard InChI is InChI=1S/C17H14N4/c1-2-4-12(5-3-1)6-7-14-11-18-16-9-15-13(10-19-21-15)8-17(16)20-14/h1-5,8-11H,6-7H2,(H,19,21). The monoisotopic (exact) mass is 274 g/mol. The largest absolute Gasteiger partial charge is 0.278 e. The SMILES string of the molecule is c1ccc(CCc2cnc3cc4[nH]ncc4cc3n2)cc1. The lowest BCUT2D eigenvalue weighted by molar-refractivity contribution is 0.912. The first-order valence-electron chi connectivity index (χ1n) is 7.01. The number of rotatable bonds is 3. The van der Waals surface area contributed by atoms with Crippen LogP contribution in [0.4, 0.5) is 0 Å². The van der Waals surface area contributed by atoms with Gasteiger partial charge in [-0.1, -0.05) is 30.3 Å². The molecule has 4 rings (SSSR count). The zero-order valence-electron chi connectivity index (χ0n) is 11.5. The van der Waals surface area contributed by atoms with Crippen LogP contribution in [0.15, 0.2) is 54.9 Å². The average molecular weight is 274 g/mol. The number of H-pyrrole nitrogens is 1. The van der Waals surface area contributed by atoms with Crippen LogP contribution in [0.3, 0.4) is 0 Å². The van der Waals surface area contributed by atoms with E-state index in [2.05, 4.69) is 39.4 Å². The van der Waals surface area contributed by atoms with E-state index in [1.807, 2.05) is 30.6 Å². The first-order valence-corrected chi connectivity index (χ1v) is 7.01. The Morgan fingerprint density at radius 2 is 1.81 bits per heavy atom. The van der Waals surface area contributed by atoms with Crippen molar-refractivity contribution in [2.45, 2.75) is 12.8 Å². The molecule has 0 radical (unpaired) electrons. The van der Waals surface area contributed by atoms with Gasteiger partial charge in [0.1, 0.15) is 0 Å². The highest BCUT2D eigenvalue weighted by Crippen LogP contribution is 2.18. The molecule has 2 aromatic carbocycles. The maximum Gasteiger partial charge on any atom is 0.0908 e. The number of aromatic nitrogens is 4. The maximum absolute atomic E-state index is 4.72. The second kappa shape index (κ2) is 4.98. The topological polar surface area (TPSA) is 54.5 Å². The van der Waals surface area contributed by atoms with E-state index in [-0.39, 0.29) is 0 Å². The van der Waals surface area contributed by atoms with Gasteiger partial charge in [-0.15, -0.1) is 0 Å². The van der Waals surface area contributed by atoms with Gasteiger partial charge >= 0.3 is 0 Å². The molecule has 2 aromatic heterocycles. The first kappa shape index (κ1) is 12.0. The first-order chi connectivity index (χ1) is 10.4. The predicted molar refractivity (Wildman–Crippen MR) is 83.0 cm³/mol. The summed E-state index contributed by atoms with van der Waals surface area (Å²) in [6.45, 7) is 0. The number of hydrogen-bond donors (Lipinski definition) is 1. The van der Waals surface area contributed by atoms with Crippen LogP contribution in [0.2, 0.25) is 0 Å². The molecule has 4 aromatic rings. The highest BCUT2D eigenvalue weighted by molar-refractivity contribution is 5.92. The summed E-state index contributed by atoms with van der Waals surface area (Å²) in [5.41, 5.74) is 5.16. The Kier molecular flexibility index (Phi) is 2.85. The average Bonchev–Trinajstić information content (AvgIpc) is 2.98. The molecule has 0 amide bonds. The van der Waals surface area contributed by atoms with Crippen molar-refractivity contribution in [3.05, 3.63) is 66.1 Å². The van der Waals surface area contributed by atoms with Crippen LogP contribution in [0.25, 0.3) is 21.9 Å². The van der Waals surface area contributed by atoms with E-state index >= 15 is 0 Å². The molecule has 1 N–H and O–H groups in total. The number of fused-ring (bicyclic) bond motifs is 2. The second-order valence-corrected chi connectivity index (χ2v) is 5.15. The number of hydrogen-bond acceptors (Lipinski definition) is 3. The van der Waals surface area contributed by atoms with Crippen LogP contribution in [0.1, 0.15) is 11.3 Å². The lowest BCUT2D eigenvalue weighted by atomic mass is 10.1. The molecule has 0 aliphatic carbocycles. The minimum absolute atomic E-state index is 0.898. The molecule has 4 heteroatoms. The zero-order chi connectivity index (χ0) is 14.1. The molecular formula is C17H14N4. The zero-order valence-corrected chi connectivity index (χ0v) is 11.5. The molecule has 102 valence electrons. The van der Waals surface area contributed by atoms with Gasteiger partial charge in [0.2, 0.25) is 0 Å². The molecule has 0 unspecified atom stereocenters. The summed E-state index contributed by atoms with van der Waals surface area (Å²) in [6.07, 6.45) is 5.56. The Balaban J connectivity index is 1.65. The maximum atomic E-state index is 4.72. The normalized spacial score (nSPS) is 11.2. The number of benzene rings is 2. The Morgan fingerprint density at radius 3 is 2.71 bits per heavy atom. The van der Waals surface area contributed by atoms with E-state index < -0.39 is 0 Å². The summed E-state index contributed by atoms with van der Waals surface area (Å²) in [5.74, 6) is 0. The molecule has 2 heterocycles. The van der Waals surface area contributed by atoms with E-state index in [4.69, 9.17) is 4.98 Å². The van der Waals surface area contributed by atoms with Gasteiger partial charge in [0.25, 0.3) is 0 Å². The lowest BCUT2D eigenvalue weighted by Gasteiger charge is -2.03. The molecule has 0 aliphatic rings. The molecule has 21 heavy (non-hydrogen) atoms. The van der Waals surface area contributed by atoms with Crippen LogP contribution in [-0.2, 0) is 12.8 Å². The van der Waals surface area contributed by atoms with Gasteiger partial charge in [0, 0.05) is 11.6 Å². The van der Waals surface area contributed by atoms with Gasteiger partial charge < -0.3 is 0 Å². The molecule has 4 nitrogen and oxygen atoms in total. The molecule has 0 saturated carbocycles. The van der Waals surface area contributed by atoms with Gasteiger partial charge in [0.05, 0.1) is 28.4 Å². The van der Waals surface area contributed by atoms with E-state index in [9.17, 15) is 0 Å². The van der Waals surface area contributed by atoms with Crippen molar-refractivity contribution in [1.29, 1.82) is 0 Å². The van der Waals surface area contributed by atoms with Crippen LogP contribution in [0, 0.1) is 0 Å². The summed E-state index contributed by atoms with van der Waals surface area (Å²) in [7, 11) is 0. The summed E-state index contributed by atoms with van der Waals surface area (Å²) in [5, 5.41) is 8.06. The Labute approximate surface area is 121 Å². The van der Waals surface area contributed by atoms with Crippen LogP contribution < -0.4 is 0 Å². The van der Waals surface area contributed by atoms with Gasteiger partial charge in [-0.3, -0.25) is 10.1 Å². The van der Waals surface area contributed by atoms with Crippen molar-refractivity contribution in [1.82, 2.24) is 20.2 Å². The Morgan fingerprint density at radius 1 is 0.905 bits per heavy atom. The highest BCUT2D eigenvalue weighted by atomic mass is 15.1. The molecule has 0 spiro atoms. The number of aryl methyl sites for hydroxylation is 2. The third-order valence-electron chi connectivity index (χ3n) is 3.66. The Hall–Kier alpha value is -2.75. The van der Waals surface area contributed by atoms with Crippen molar-refractivity contribution >= 4 is 21.9 Å². The summed E-state index contributed by atoms with van der Waals surface area (Å²) >= 11 is 0. The fourth-order valence-corrected chi connectivity index (χ4v) is 2.53. The van der Waals surface area contributed by atoms with E-state index in [0.717, 1.165) is 40.5 Å². The van der Waals surface area contributed by atoms with Crippen molar-refractivity contribution < 1.29 is 0 Å². The summed E-state index contributed by atoms with van der Waals surface area (Å²) in [6, 6.07) is 14.5. The van der Waals surface area contributed by atoms with Crippen molar-refractivity contribution in [2.75, 3.05) is 0 Å². The quantitative estimate of drug-likeness (QED) is 0.623. The van der Waals surface area contributed by atoms with Crippen molar-refractivity contribution in [3.8, 4) is 0 Å². The Bertz CT molecular complexity index is 896. The van der Waals surface area contributed by atoms with E-state index in [1.165, 1.54) is 5.56 Å². The fourth-order valence-electron chi connectivity index (χ4n) is 2.53. The van der Waals surface area contributed by atoms with Gasteiger partial charge in [-0.05, 0) is 30.5 Å². The smallest absolute Gasteiger partial charge is 0.0908 e. The second-order valence-electron chi connectivity index (χ2n) is 5.15. The molecular weight excluding hydrogens is 260 g/mol. The molecule has 0 aliphatic heterocycles. The summed E-state index contributed by atoms with van der Waals surface area (Å²) in [4.78, 5) is 9.23. The van der Waals surface area contributed by atoms with Crippen LogP contribution >= 0.6 is 0 Å². The van der Waals surface area contributed by atoms with E-state index in [0.29, 0.717) is 0 Å². The third kappa shape index (κ3) is 2.36. The predicted octanol–water partition coefficient (Wildman–Crippen LogP) is 3.29. The molecule has 0 atom stereocenters. The lowest BCUT2D eigenvalue weighted by Crippen LogP contribution is -1.96. The van der Waals surface area contributed by atoms with Crippen LogP contribution in [-0.4, -0.2) is 20.2 Å². The van der Waals surface area contributed by atoms with Crippen LogP contribution in [0.5, 0.6) is 0 Å². The van der Waals surface area contributed by atoms with Gasteiger partial charge in [0.15, 0.2) is 0 Å². The molecule has 0 fully saturated rings. The summed E-state index contributed by atoms with van der Waals surface area (Å²) < 4.78 is 0. The van der Waals surface area contributed by atoms with Crippen molar-refractivity contribution in [2.24, 2.45) is 0 Å². The molecule has 0 bridgehead atoms. The van der Waals surface area contributed by atoms with E-state index in [1.54, 1.807) is 0 Å². The third-order valence-corrected chi connectivity index (χ3v) is 3.66. The van der Waals surface area contributed by atoms with Gasteiger partial charge in [-0.2, -0.15) is 5.10 Å².